The van der Waals surface area contributed by atoms with Crippen LogP contribution in [0.3, 0.4) is 0 Å². The highest BCUT2D eigenvalue weighted by Gasteiger charge is 2.44. The number of hydrogen-bond donors (Lipinski definition) is 1. The minimum atomic E-state index is 0.0335. The van der Waals surface area contributed by atoms with Gasteiger partial charge in [0.25, 0.3) is 0 Å². The van der Waals surface area contributed by atoms with Crippen molar-refractivity contribution in [3.63, 3.8) is 0 Å². The second kappa shape index (κ2) is 3.44. The molecule has 1 aliphatic rings. The van der Waals surface area contributed by atoms with Crippen LogP contribution >= 0.6 is 0 Å². The van der Waals surface area contributed by atoms with Gasteiger partial charge < -0.3 is 10.1 Å². The molecule has 0 bridgehead atoms. The fraction of sp³-hybridized carbons (Fsp3) is 0.889. The Labute approximate surface area is 73.5 Å². The number of amides is 1. The lowest BCUT2D eigenvalue weighted by Crippen LogP contribution is -2.64. The topological polar surface area (TPSA) is 38.3 Å². The predicted octanol–water partition coefficient (Wildman–Crippen LogP) is 0.792. The maximum atomic E-state index is 11.2. The van der Waals surface area contributed by atoms with Gasteiger partial charge in [-0.2, -0.15) is 0 Å². The fourth-order valence-corrected chi connectivity index (χ4v) is 1.65. The van der Waals surface area contributed by atoms with E-state index in [1.807, 2.05) is 6.92 Å². The lowest BCUT2D eigenvalue weighted by atomic mass is 9.79. The molecule has 0 aromatic heterocycles. The molecule has 1 saturated heterocycles. The monoisotopic (exact) mass is 171 g/mol. The van der Waals surface area contributed by atoms with Crippen molar-refractivity contribution >= 4 is 5.91 Å². The second-order valence-electron chi connectivity index (χ2n) is 3.74. The van der Waals surface area contributed by atoms with Gasteiger partial charge >= 0.3 is 0 Å². The summed E-state index contributed by atoms with van der Waals surface area (Å²) in [5, 5.41) is 2.89. The summed E-state index contributed by atoms with van der Waals surface area (Å²) in [6.45, 7) is 6.16. The van der Waals surface area contributed by atoms with Crippen LogP contribution in [0, 0.1) is 11.8 Å². The first-order valence-corrected chi connectivity index (χ1v) is 4.41. The summed E-state index contributed by atoms with van der Waals surface area (Å²) < 4.78 is 5.14. The smallest absolute Gasteiger partial charge is 0.228 e. The standard InChI is InChI=1S/C9H17NO2/c1-5(2)8-7(6(3)12-4)9(11)10-8/h5-8H,1-4H3,(H,10,11). The van der Waals surface area contributed by atoms with Gasteiger partial charge in [0.2, 0.25) is 5.91 Å². The molecule has 0 aliphatic carbocycles. The fourth-order valence-electron chi connectivity index (χ4n) is 1.65. The molecule has 1 N–H and O–H groups in total. The average Bonchev–Trinajstić information content (AvgIpc) is 1.99. The quantitative estimate of drug-likeness (QED) is 0.638. The third-order valence-corrected chi connectivity index (χ3v) is 2.59. The Morgan fingerprint density at radius 1 is 1.42 bits per heavy atom. The van der Waals surface area contributed by atoms with Gasteiger partial charge in [-0.1, -0.05) is 13.8 Å². The van der Waals surface area contributed by atoms with Crippen molar-refractivity contribution in [1.82, 2.24) is 5.32 Å². The molecule has 3 atom stereocenters. The molecule has 0 saturated carbocycles. The Bertz CT molecular complexity index is 179. The van der Waals surface area contributed by atoms with E-state index in [0.29, 0.717) is 12.0 Å². The zero-order chi connectivity index (χ0) is 9.30. The first-order valence-electron chi connectivity index (χ1n) is 4.41. The van der Waals surface area contributed by atoms with E-state index in [-0.39, 0.29) is 17.9 Å². The molecule has 12 heavy (non-hydrogen) atoms. The van der Waals surface area contributed by atoms with Crippen LogP contribution < -0.4 is 5.32 Å². The van der Waals surface area contributed by atoms with Crippen molar-refractivity contribution in [3.05, 3.63) is 0 Å². The van der Waals surface area contributed by atoms with E-state index < -0.39 is 0 Å². The predicted molar refractivity (Wildman–Crippen MR) is 46.7 cm³/mol. The molecule has 1 amide bonds. The van der Waals surface area contributed by atoms with Crippen LogP contribution in [0.2, 0.25) is 0 Å². The lowest BCUT2D eigenvalue weighted by Gasteiger charge is -2.42. The van der Waals surface area contributed by atoms with Crippen LogP contribution in [-0.2, 0) is 9.53 Å². The lowest BCUT2D eigenvalue weighted by molar-refractivity contribution is -0.143. The molecule has 0 spiro atoms. The molecule has 0 aromatic rings. The molecule has 70 valence electrons. The van der Waals surface area contributed by atoms with Crippen molar-refractivity contribution in [1.29, 1.82) is 0 Å². The van der Waals surface area contributed by atoms with Crippen LogP contribution in [0.1, 0.15) is 20.8 Å². The number of hydrogen-bond acceptors (Lipinski definition) is 2. The van der Waals surface area contributed by atoms with Crippen LogP contribution in [0.4, 0.5) is 0 Å². The number of methoxy groups -OCH3 is 1. The summed E-state index contributed by atoms with van der Waals surface area (Å²) in [6, 6.07) is 0.299. The first-order chi connectivity index (χ1) is 5.57. The van der Waals surface area contributed by atoms with E-state index in [1.54, 1.807) is 7.11 Å². The number of β-lactam (4-membered cyclic amide) rings is 1. The Hall–Kier alpha value is -0.570. The Kier molecular flexibility index (Phi) is 2.73. The van der Waals surface area contributed by atoms with E-state index in [2.05, 4.69) is 19.2 Å². The third-order valence-electron chi connectivity index (χ3n) is 2.59. The summed E-state index contributed by atoms with van der Waals surface area (Å²) in [5.41, 5.74) is 0. The molecule has 3 nitrogen and oxygen atoms in total. The summed E-state index contributed by atoms with van der Waals surface area (Å²) in [6.07, 6.45) is 0.0335. The second-order valence-corrected chi connectivity index (χ2v) is 3.74. The summed E-state index contributed by atoms with van der Waals surface area (Å²) in [7, 11) is 1.65. The average molecular weight is 171 g/mol. The molecule has 0 radical (unpaired) electrons. The van der Waals surface area contributed by atoms with E-state index in [1.165, 1.54) is 0 Å². The van der Waals surface area contributed by atoms with Crippen molar-refractivity contribution in [2.45, 2.75) is 32.9 Å². The minimum absolute atomic E-state index is 0.0335. The Morgan fingerprint density at radius 2 is 2.00 bits per heavy atom. The molecule has 1 heterocycles. The van der Waals surface area contributed by atoms with Gasteiger partial charge in [-0.25, -0.2) is 0 Å². The molecule has 1 aliphatic heterocycles. The Balaban J connectivity index is 2.55. The van der Waals surface area contributed by atoms with Crippen LogP contribution in [0.25, 0.3) is 0 Å². The Morgan fingerprint density at radius 3 is 2.33 bits per heavy atom. The summed E-state index contributed by atoms with van der Waals surface area (Å²) in [5.74, 6) is 0.670. The highest BCUT2D eigenvalue weighted by Crippen LogP contribution is 2.26. The van der Waals surface area contributed by atoms with Gasteiger partial charge in [-0.15, -0.1) is 0 Å². The SMILES string of the molecule is COC(C)C1C(=O)NC1C(C)C. The number of rotatable bonds is 3. The summed E-state index contributed by atoms with van der Waals surface area (Å²) in [4.78, 5) is 11.2. The van der Waals surface area contributed by atoms with Gasteiger partial charge in [-0.05, 0) is 12.8 Å². The van der Waals surface area contributed by atoms with E-state index in [4.69, 9.17) is 4.74 Å². The maximum Gasteiger partial charge on any atom is 0.228 e. The van der Waals surface area contributed by atoms with E-state index in [0.717, 1.165) is 0 Å². The van der Waals surface area contributed by atoms with Crippen molar-refractivity contribution in [2.24, 2.45) is 11.8 Å². The number of ether oxygens (including phenoxy) is 1. The van der Waals surface area contributed by atoms with Crippen LogP contribution in [-0.4, -0.2) is 25.2 Å². The highest BCUT2D eigenvalue weighted by molar-refractivity contribution is 5.86. The van der Waals surface area contributed by atoms with E-state index in [9.17, 15) is 4.79 Å². The van der Waals surface area contributed by atoms with Crippen molar-refractivity contribution < 1.29 is 9.53 Å². The van der Waals surface area contributed by atoms with Gasteiger partial charge in [0.05, 0.1) is 12.0 Å². The summed E-state index contributed by atoms with van der Waals surface area (Å²) >= 11 is 0. The molecule has 3 unspecified atom stereocenters. The van der Waals surface area contributed by atoms with Crippen molar-refractivity contribution in [2.75, 3.05) is 7.11 Å². The zero-order valence-corrected chi connectivity index (χ0v) is 8.13. The first kappa shape index (κ1) is 9.52. The molecule has 0 aromatic carbocycles. The van der Waals surface area contributed by atoms with Crippen molar-refractivity contribution in [3.8, 4) is 0 Å². The number of carbonyl (C=O) groups excluding carboxylic acids is 1. The maximum absolute atomic E-state index is 11.2. The largest absolute Gasteiger partial charge is 0.381 e. The van der Waals surface area contributed by atoms with Gasteiger partial charge in [0.15, 0.2) is 0 Å². The van der Waals surface area contributed by atoms with Gasteiger partial charge in [0.1, 0.15) is 0 Å². The zero-order valence-electron chi connectivity index (χ0n) is 8.13. The minimum Gasteiger partial charge on any atom is -0.381 e. The van der Waals surface area contributed by atoms with Gasteiger partial charge in [0, 0.05) is 13.2 Å². The van der Waals surface area contributed by atoms with Crippen LogP contribution in [0.5, 0.6) is 0 Å². The van der Waals surface area contributed by atoms with E-state index >= 15 is 0 Å². The third kappa shape index (κ3) is 1.46. The molecule has 1 fully saturated rings. The molecule has 1 rings (SSSR count). The molecule has 3 heteroatoms. The molecular formula is C9H17NO2. The number of nitrogens with one attached hydrogen (secondary N) is 1. The number of carbonyl (C=O) groups is 1. The van der Waals surface area contributed by atoms with Crippen LogP contribution in [0.15, 0.2) is 0 Å². The normalized spacial score (nSPS) is 31.2. The van der Waals surface area contributed by atoms with Gasteiger partial charge in [-0.3, -0.25) is 4.79 Å². The highest BCUT2D eigenvalue weighted by atomic mass is 16.5. The molecular weight excluding hydrogens is 154 g/mol.